The summed E-state index contributed by atoms with van der Waals surface area (Å²) in [5.41, 5.74) is 6.77. The molecule has 1 aliphatic rings. The van der Waals surface area contributed by atoms with Crippen molar-refractivity contribution in [1.29, 1.82) is 0 Å². The van der Waals surface area contributed by atoms with Gasteiger partial charge in [0.25, 0.3) is 0 Å². The molecule has 1 fully saturated rings. The highest BCUT2D eigenvalue weighted by Crippen LogP contribution is 2.11. The van der Waals surface area contributed by atoms with E-state index in [4.69, 9.17) is 10.2 Å². The van der Waals surface area contributed by atoms with E-state index in [0.717, 1.165) is 25.4 Å². The Morgan fingerprint density at radius 3 is 2.94 bits per heavy atom. The molecule has 2 N–H and O–H groups in total. The predicted molar refractivity (Wildman–Crippen MR) is 64.0 cm³/mol. The van der Waals surface area contributed by atoms with Crippen LogP contribution in [0.15, 0.2) is 16.7 Å². The molecule has 0 atom stereocenters. The van der Waals surface area contributed by atoms with Gasteiger partial charge in [0.05, 0.1) is 12.8 Å². The van der Waals surface area contributed by atoms with Gasteiger partial charge in [-0.2, -0.15) is 0 Å². The Bertz CT molecular complexity index is 324. The third-order valence-electron chi connectivity index (χ3n) is 3.13. The van der Waals surface area contributed by atoms with E-state index in [1.54, 1.807) is 0 Å². The van der Waals surface area contributed by atoms with Crippen LogP contribution in [0.1, 0.15) is 17.7 Å². The fraction of sp³-hybridized carbons (Fsp3) is 0.667. The van der Waals surface area contributed by atoms with Crippen LogP contribution in [0.5, 0.6) is 0 Å². The van der Waals surface area contributed by atoms with Crippen LogP contribution in [-0.4, -0.2) is 43.0 Å². The van der Waals surface area contributed by atoms with Gasteiger partial charge < -0.3 is 15.1 Å². The molecule has 0 radical (unpaired) electrons. The number of furan rings is 1. The van der Waals surface area contributed by atoms with Crippen LogP contribution in [0.25, 0.3) is 0 Å². The Morgan fingerprint density at radius 1 is 1.31 bits per heavy atom. The Labute approximate surface area is 97.0 Å². The van der Waals surface area contributed by atoms with Crippen LogP contribution in [0.2, 0.25) is 0 Å². The van der Waals surface area contributed by atoms with Crippen LogP contribution in [0, 0.1) is 0 Å². The summed E-state index contributed by atoms with van der Waals surface area (Å²) in [6.45, 7) is 6.14. The number of hydrogen-bond acceptors (Lipinski definition) is 4. The largest absolute Gasteiger partial charge is 0.468 e. The summed E-state index contributed by atoms with van der Waals surface area (Å²) in [6.07, 6.45) is 3.08. The quantitative estimate of drug-likeness (QED) is 0.826. The molecular weight excluding hydrogens is 202 g/mol. The minimum absolute atomic E-state index is 0.489. The van der Waals surface area contributed by atoms with Crippen LogP contribution >= 0.6 is 0 Å². The lowest BCUT2D eigenvalue weighted by Crippen LogP contribution is -2.28. The second-order valence-electron chi connectivity index (χ2n) is 4.56. The van der Waals surface area contributed by atoms with Crippen molar-refractivity contribution in [2.24, 2.45) is 5.73 Å². The number of likely N-dealkylation sites (N-methyl/N-ethyl adjacent to an activating group) is 1. The summed E-state index contributed by atoms with van der Waals surface area (Å²) in [5.74, 6) is 0.877. The van der Waals surface area contributed by atoms with Crippen molar-refractivity contribution >= 4 is 0 Å². The van der Waals surface area contributed by atoms with E-state index in [2.05, 4.69) is 22.9 Å². The maximum absolute atomic E-state index is 5.53. The summed E-state index contributed by atoms with van der Waals surface area (Å²) in [5, 5.41) is 0. The van der Waals surface area contributed by atoms with Crippen LogP contribution in [0.3, 0.4) is 0 Å². The van der Waals surface area contributed by atoms with E-state index in [-0.39, 0.29) is 0 Å². The molecule has 16 heavy (non-hydrogen) atoms. The molecule has 4 nitrogen and oxygen atoms in total. The molecule has 2 rings (SSSR count). The minimum Gasteiger partial charge on any atom is -0.468 e. The molecule has 0 saturated carbocycles. The topological polar surface area (TPSA) is 45.6 Å². The van der Waals surface area contributed by atoms with Crippen molar-refractivity contribution in [2.45, 2.75) is 19.5 Å². The first-order chi connectivity index (χ1) is 7.78. The molecule has 90 valence electrons. The summed E-state index contributed by atoms with van der Waals surface area (Å²) in [6, 6.07) is 2.06. The van der Waals surface area contributed by atoms with Gasteiger partial charge in [-0.05, 0) is 32.6 Å². The maximum Gasteiger partial charge on any atom is 0.117 e. The third-order valence-corrected chi connectivity index (χ3v) is 3.13. The number of rotatable bonds is 3. The molecule has 2 heterocycles. The van der Waals surface area contributed by atoms with Gasteiger partial charge in [0.2, 0.25) is 0 Å². The van der Waals surface area contributed by atoms with Gasteiger partial charge in [-0.25, -0.2) is 0 Å². The monoisotopic (exact) mass is 223 g/mol. The fourth-order valence-corrected chi connectivity index (χ4v) is 2.13. The summed E-state index contributed by atoms with van der Waals surface area (Å²) >= 11 is 0. The Balaban J connectivity index is 1.88. The average molecular weight is 223 g/mol. The first-order valence-electron chi connectivity index (χ1n) is 5.95. The molecule has 0 spiro atoms. The highest BCUT2D eigenvalue weighted by Gasteiger charge is 2.13. The van der Waals surface area contributed by atoms with Gasteiger partial charge in [-0.3, -0.25) is 4.90 Å². The van der Waals surface area contributed by atoms with E-state index in [1.165, 1.54) is 25.1 Å². The minimum atomic E-state index is 0.489. The molecule has 1 saturated heterocycles. The first kappa shape index (κ1) is 11.6. The van der Waals surface area contributed by atoms with Crippen molar-refractivity contribution in [3.63, 3.8) is 0 Å². The summed E-state index contributed by atoms with van der Waals surface area (Å²) < 4.78 is 5.35. The highest BCUT2D eigenvalue weighted by molar-refractivity contribution is 5.12. The SMILES string of the molecule is CN1CCCN(Cc2coc(CN)c2)CC1. The smallest absolute Gasteiger partial charge is 0.117 e. The lowest BCUT2D eigenvalue weighted by atomic mass is 10.2. The Morgan fingerprint density at radius 2 is 2.19 bits per heavy atom. The van der Waals surface area contributed by atoms with Crippen molar-refractivity contribution in [3.8, 4) is 0 Å². The first-order valence-corrected chi connectivity index (χ1v) is 5.95. The van der Waals surface area contributed by atoms with Crippen LogP contribution in [0.4, 0.5) is 0 Å². The van der Waals surface area contributed by atoms with Crippen molar-refractivity contribution in [1.82, 2.24) is 9.80 Å². The van der Waals surface area contributed by atoms with Crippen molar-refractivity contribution in [3.05, 3.63) is 23.7 Å². The highest BCUT2D eigenvalue weighted by atomic mass is 16.3. The maximum atomic E-state index is 5.53. The Hall–Kier alpha value is -0.840. The molecule has 0 amide bonds. The molecule has 0 aromatic carbocycles. The zero-order chi connectivity index (χ0) is 11.4. The van der Waals surface area contributed by atoms with E-state index in [0.29, 0.717) is 6.54 Å². The standard InChI is InChI=1S/C12H21N3O/c1-14-3-2-4-15(6-5-14)9-11-7-12(8-13)16-10-11/h7,10H,2-6,8-9,13H2,1H3. The number of nitrogens with two attached hydrogens (primary N) is 1. The molecule has 1 aliphatic heterocycles. The van der Waals surface area contributed by atoms with Crippen molar-refractivity contribution in [2.75, 3.05) is 33.2 Å². The van der Waals surface area contributed by atoms with E-state index in [1.807, 2.05) is 6.26 Å². The van der Waals surface area contributed by atoms with E-state index in [9.17, 15) is 0 Å². The molecular formula is C12H21N3O. The average Bonchev–Trinajstić information content (AvgIpc) is 2.63. The van der Waals surface area contributed by atoms with Gasteiger partial charge in [0.1, 0.15) is 5.76 Å². The molecule has 4 heteroatoms. The van der Waals surface area contributed by atoms with Crippen molar-refractivity contribution < 1.29 is 4.42 Å². The van der Waals surface area contributed by atoms with Gasteiger partial charge in [0.15, 0.2) is 0 Å². The Kier molecular flexibility index (Phi) is 3.98. The molecule has 1 aromatic heterocycles. The lowest BCUT2D eigenvalue weighted by Gasteiger charge is -2.18. The zero-order valence-electron chi connectivity index (χ0n) is 9.98. The molecule has 0 bridgehead atoms. The second kappa shape index (κ2) is 5.48. The van der Waals surface area contributed by atoms with E-state index < -0.39 is 0 Å². The van der Waals surface area contributed by atoms with Gasteiger partial charge in [-0.1, -0.05) is 0 Å². The van der Waals surface area contributed by atoms with Crippen LogP contribution in [-0.2, 0) is 13.1 Å². The number of nitrogens with zero attached hydrogens (tertiary/aromatic N) is 2. The summed E-state index contributed by atoms with van der Waals surface area (Å²) in [7, 11) is 2.19. The predicted octanol–water partition coefficient (Wildman–Crippen LogP) is 0.876. The van der Waals surface area contributed by atoms with Gasteiger partial charge in [-0.15, -0.1) is 0 Å². The second-order valence-corrected chi connectivity index (χ2v) is 4.56. The van der Waals surface area contributed by atoms with Gasteiger partial charge in [0, 0.05) is 25.2 Å². The molecule has 1 aromatic rings. The lowest BCUT2D eigenvalue weighted by molar-refractivity contribution is 0.268. The molecule has 0 aliphatic carbocycles. The fourth-order valence-electron chi connectivity index (χ4n) is 2.13. The van der Waals surface area contributed by atoms with Crippen LogP contribution < -0.4 is 5.73 Å². The van der Waals surface area contributed by atoms with E-state index >= 15 is 0 Å². The third kappa shape index (κ3) is 3.07. The summed E-state index contributed by atoms with van der Waals surface area (Å²) in [4.78, 5) is 4.87. The van der Waals surface area contributed by atoms with Gasteiger partial charge >= 0.3 is 0 Å². The molecule has 0 unspecified atom stereocenters. The zero-order valence-corrected chi connectivity index (χ0v) is 9.98. The number of hydrogen-bond donors (Lipinski definition) is 1. The normalized spacial score (nSPS) is 19.9.